The minimum absolute atomic E-state index is 0.133. The molecule has 3 aromatic rings. The zero-order valence-corrected chi connectivity index (χ0v) is 12.9. The summed E-state index contributed by atoms with van der Waals surface area (Å²) in [5, 5.41) is 0.865. The summed E-state index contributed by atoms with van der Waals surface area (Å²) in [5.41, 5.74) is 2.91. The fourth-order valence-electron chi connectivity index (χ4n) is 2.17. The van der Waals surface area contributed by atoms with Crippen LogP contribution in [0.2, 0.25) is 0 Å². The van der Waals surface area contributed by atoms with Crippen LogP contribution < -0.4 is 5.84 Å². The first-order chi connectivity index (χ1) is 10.6. The molecule has 0 spiro atoms. The fourth-order valence-corrected chi connectivity index (χ4v) is 3.11. The molecule has 0 saturated heterocycles. The predicted molar refractivity (Wildman–Crippen MR) is 88.5 cm³/mol. The van der Waals surface area contributed by atoms with Gasteiger partial charge in [0.2, 0.25) is 0 Å². The van der Waals surface area contributed by atoms with E-state index in [0.29, 0.717) is 0 Å². The number of thioether (sulfide) groups is 1. The Balaban J connectivity index is 1.81. The summed E-state index contributed by atoms with van der Waals surface area (Å²) in [6, 6.07) is 16.4. The highest BCUT2D eigenvalue weighted by atomic mass is 32.2. The molecule has 0 saturated carbocycles. The number of rotatable bonds is 4. The third kappa shape index (κ3) is 3.14. The lowest BCUT2D eigenvalue weighted by Crippen LogP contribution is -2.08. The van der Waals surface area contributed by atoms with Crippen molar-refractivity contribution >= 4 is 11.8 Å². The van der Waals surface area contributed by atoms with Crippen LogP contribution in [-0.4, -0.2) is 9.66 Å². The number of aromatic nitrogens is 2. The molecule has 1 heterocycles. The van der Waals surface area contributed by atoms with Crippen LogP contribution in [-0.2, 0) is 0 Å². The molecule has 0 radical (unpaired) electrons. The van der Waals surface area contributed by atoms with Crippen molar-refractivity contribution in [3.05, 3.63) is 72.2 Å². The highest BCUT2D eigenvalue weighted by molar-refractivity contribution is 7.99. The molecule has 0 aliphatic rings. The minimum atomic E-state index is -0.229. The molecular weight excluding hydrogens is 297 g/mol. The summed E-state index contributed by atoms with van der Waals surface area (Å²) in [6.07, 6.45) is 1.81. The second-order valence-electron chi connectivity index (χ2n) is 4.99. The largest absolute Gasteiger partial charge is 0.337 e. The maximum Gasteiger partial charge on any atom is 0.187 e. The van der Waals surface area contributed by atoms with Crippen molar-refractivity contribution in [3.63, 3.8) is 0 Å². The first kappa shape index (κ1) is 14.7. The van der Waals surface area contributed by atoms with Crippen LogP contribution >= 0.6 is 11.8 Å². The van der Waals surface area contributed by atoms with E-state index in [0.717, 1.165) is 22.0 Å². The molecule has 0 amide bonds. The zero-order chi connectivity index (χ0) is 15.5. The topological polar surface area (TPSA) is 43.8 Å². The number of hydrogen-bond donors (Lipinski definition) is 1. The van der Waals surface area contributed by atoms with E-state index < -0.39 is 0 Å². The molecule has 3 nitrogen and oxygen atoms in total. The molecule has 0 bridgehead atoms. The Bertz CT molecular complexity index is 753. The number of imidazole rings is 1. The van der Waals surface area contributed by atoms with Crippen molar-refractivity contribution in [1.29, 1.82) is 0 Å². The van der Waals surface area contributed by atoms with Crippen molar-refractivity contribution in [2.45, 2.75) is 17.3 Å². The second-order valence-corrected chi connectivity index (χ2v) is 6.30. The highest BCUT2D eigenvalue weighted by Gasteiger charge is 2.14. The third-order valence-corrected chi connectivity index (χ3v) is 4.53. The lowest BCUT2D eigenvalue weighted by Gasteiger charge is -2.10. The van der Waals surface area contributed by atoms with Gasteiger partial charge in [0.15, 0.2) is 5.16 Å². The molecular formula is C17H16FN3S. The SMILES string of the molecule is C[C@H](Sc1nc(-c2ccccc2)cn1N)c1ccc(F)cc1. The average Bonchev–Trinajstić information content (AvgIpc) is 2.90. The second kappa shape index (κ2) is 6.23. The van der Waals surface area contributed by atoms with E-state index in [2.05, 4.69) is 11.9 Å². The number of benzene rings is 2. The summed E-state index contributed by atoms with van der Waals surface area (Å²) in [7, 11) is 0. The monoisotopic (exact) mass is 313 g/mol. The maximum atomic E-state index is 13.0. The summed E-state index contributed by atoms with van der Waals surface area (Å²) in [4.78, 5) is 4.59. The van der Waals surface area contributed by atoms with Crippen LogP contribution in [0.4, 0.5) is 4.39 Å². The number of nitrogens with two attached hydrogens (primary N) is 1. The predicted octanol–water partition coefficient (Wildman–Crippen LogP) is 4.26. The van der Waals surface area contributed by atoms with Crippen LogP contribution in [0.1, 0.15) is 17.7 Å². The van der Waals surface area contributed by atoms with Gasteiger partial charge in [-0.15, -0.1) is 0 Å². The van der Waals surface area contributed by atoms with Gasteiger partial charge in [0, 0.05) is 10.8 Å². The Kier molecular flexibility index (Phi) is 4.15. The molecule has 1 aromatic heterocycles. The van der Waals surface area contributed by atoms with Crippen LogP contribution in [0.25, 0.3) is 11.3 Å². The van der Waals surface area contributed by atoms with E-state index >= 15 is 0 Å². The normalized spacial score (nSPS) is 12.3. The van der Waals surface area contributed by atoms with Crippen molar-refractivity contribution in [2.75, 3.05) is 5.84 Å². The van der Waals surface area contributed by atoms with Crippen molar-refractivity contribution in [2.24, 2.45) is 0 Å². The van der Waals surface area contributed by atoms with E-state index in [1.54, 1.807) is 23.9 Å². The van der Waals surface area contributed by atoms with Gasteiger partial charge >= 0.3 is 0 Å². The summed E-state index contributed by atoms with van der Waals surface area (Å²) in [5.74, 6) is 5.77. The van der Waals surface area contributed by atoms with E-state index in [1.807, 2.05) is 36.5 Å². The Morgan fingerprint density at radius 1 is 1.09 bits per heavy atom. The van der Waals surface area contributed by atoms with Gasteiger partial charge in [-0.05, 0) is 24.6 Å². The molecule has 22 heavy (non-hydrogen) atoms. The molecule has 0 aliphatic heterocycles. The van der Waals surface area contributed by atoms with Gasteiger partial charge < -0.3 is 5.84 Å². The Morgan fingerprint density at radius 2 is 1.77 bits per heavy atom. The number of hydrogen-bond acceptors (Lipinski definition) is 3. The van der Waals surface area contributed by atoms with Crippen LogP contribution in [0.3, 0.4) is 0 Å². The minimum Gasteiger partial charge on any atom is -0.337 e. The highest BCUT2D eigenvalue weighted by Crippen LogP contribution is 2.34. The average molecular weight is 313 g/mol. The lowest BCUT2D eigenvalue weighted by atomic mass is 10.2. The van der Waals surface area contributed by atoms with E-state index in [9.17, 15) is 4.39 Å². The summed E-state index contributed by atoms with van der Waals surface area (Å²) < 4.78 is 14.5. The van der Waals surface area contributed by atoms with E-state index in [4.69, 9.17) is 5.84 Å². The van der Waals surface area contributed by atoms with Gasteiger partial charge in [-0.3, -0.25) is 0 Å². The Hall–Kier alpha value is -2.27. The van der Waals surface area contributed by atoms with Crippen LogP contribution in [0.15, 0.2) is 66.0 Å². The first-order valence-electron chi connectivity index (χ1n) is 6.95. The zero-order valence-electron chi connectivity index (χ0n) is 12.1. The molecule has 2 N–H and O–H groups in total. The first-order valence-corrected chi connectivity index (χ1v) is 7.83. The van der Waals surface area contributed by atoms with Crippen molar-refractivity contribution < 1.29 is 4.39 Å². The van der Waals surface area contributed by atoms with Gasteiger partial charge in [-0.1, -0.05) is 54.2 Å². The van der Waals surface area contributed by atoms with Crippen LogP contribution in [0, 0.1) is 5.82 Å². The molecule has 112 valence electrons. The molecule has 5 heteroatoms. The van der Waals surface area contributed by atoms with Crippen molar-refractivity contribution in [3.8, 4) is 11.3 Å². The molecule has 3 rings (SSSR count). The van der Waals surface area contributed by atoms with Gasteiger partial charge in [0.05, 0.1) is 11.9 Å². The smallest absolute Gasteiger partial charge is 0.187 e. The van der Waals surface area contributed by atoms with Gasteiger partial charge in [-0.25, -0.2) is 14.1 Å². The van der Waals surface area contributed by atoms with Gasteiger partial charge in [0.25, 0.3) is 0 Å². The molecule has 0 aliphatic carbocycles. The van der Waals surface area contributed by atoms with E-state index in [-0.39, 0.29) is 11.1 Å². The van der Waals surface area contributed by atoms with Crippen LogP contribution in [0.5, 0.6) is 0 Å². The van der Waals surface area contributed by atoms with E-state index in [1.165, 1.54) is 16.8 Å². The standard InChI is InChI=1S/C17H16FN3S/c1-12(13-7-9-15(18)10-8-13)22-17-20-16(11-21(17)19)14-5-3-2-4-6-14/h2-12H,19H2,1H3/t12-/m0/s1. The third-order valence-electron chi connectivity index (χ3n) is 3.39. The number of nitrogens with zero attached hydrogens (tertiary/aromatic N) is 2. The molecule has 1 atom stereocenters. The molecule has 0 unspecified atom stereocenters. The fraction of sp³-hybridized carbons (Fsp3) is 0.118. The van der Waals surface area contributed by atoms with Gasteiger partial charge in [0.1, 0.15) is 5.82 Å². The van der Waals surface area contributed by atoms with Gasteiger partial charge in [-0.2, -0.15) is 0 Å². The number of halogens is 1. The Morgan fingerprint density at radius 3 is 2.45 bits per heavy atom. The number of nitrogen functional groups attached to an aromatic ring is 1. The molecule has 0 fully saturated rings. The Labute approximate surface area is 133 Å². The quantitative estimate of drug-likeness (QED) is 0.578. The van der Waals surface area contributed by atoms with Crippen molar-refractivity contribution in [1.82, 2.24) is 9.66 Å². The lowest BCUT2D eigenvalue weighted by molar-refractivity contribution is 0.627. The summed E-state index contributed by atoms with van der Waals surface area (Å²) in [6.45, 7) is 2.05. The maximum absolute atomic E-state index is 13.0. The molecule has 2 aromatic carbocycles. The summed E-state index contributed by atoms with van der Waals surface area (Å²) >= 11 is 1.55.